The summed E-state index contributed by atoms with van der Waals surface area (Å²) in [6.07, 6.45) is 5.97. The molecule has 0 N–H and O–H groups in total. The number of ether oxygens (including phenoxy) is 2. The van der Waals surface area contributed by atoms with Crippen molar-refractivity contribution in [1.82, 2.24) is 9.38 Å². The summed E-state index contributed by atoms with van der Waals surface area (Å²) in [5.74, 6) is 0.271. The summed E-state index contributed by atoms with van der Waals surface area (Å²) in [6.45, 7) is 3.57. The predicted octanol–water partition coefficient (Wildman–Crippen LogP) is 3.65. The van der Waals surface area contributed by atoms with E-state index in [1.807, 2.05) is 47.0 Å². The van der Waals surface area contributed by atoms with Crippen molar-refractivity contribution in [2.45, 2.75) is 6.42 Å². The van der Waals surface area contributed by atoms with E-state index in [9.17, 15) is 0 Å². The average molecular weight is 421 g/mol. The first-order valence-electron chi connectivity index (χ1n) is 10.4. The second-order valence-corrected chi connectivity index (χ2v) is 7.48. The lowest BCUT2D eigenvalue weighted by atomic mass is 10.2. The normalized spacial score (nSPS) is 17.4. The smallest absolute Gasteiger partial charge is 0.166 e. The molecule has 1 saturated heterocycles. The summed E-state index contributed by atoms with van der Waals surface area (Å²) in [5, 5.41) is 0. The summed E-state index contributed by atoms with van der Waals surface area (Å²) in [7, 11) is 1.63. The molecule has 2 aliphatic rings. The molecule has 0 amide bonds. The third kappa shape index (κ3) is 3.74. The highest BCUT2D eigenvalue weighted by molar-refractivity contribution is 6.11. The van der Waals surface area contributed by atoms with Crippen LogP contribution in [-0.4, -0.2) is 55.2 Å². The van der Waals surface area contributed by atoms with Gasteiger partial charge in [-0.15, -0.1) is 0 Å². The van der Waals surface area contributed by atoms with Crippen LogP contribution < -0.4 is 14.5 Å². The highest BCUT2D eigenvalue weighted by atomic mass is 19.1. The van der Waals surface area contributed by atoms with E-state index < -0.39 is 5.83 Å². The van der Waals surface area contributed by atoms with Gasteiger partial charge in [-0.1, -0.05) is 6.07 Å². The van der Waals surface area contributed by atoms with Gasteiger partial charge in [-0.25, -0.2) is 9.37 Å². The summed E-state index contributed by atoms with van der Waals surface area (Å²) >= 11 is 0. The standard InChI is InChI=1S/C23H24FN5O2/c1-30-21-13-17(27-8-4-11-31-12-10-27)6-7-19(21)28-15-18(24)23(26-16-28)20-14-25-22-5-2-3-9-29(20)22/h2-3,5-7,9,13-15H,4,8,10-12,16H2,1H3. The van der Waals surface area contributed by atoms with Crippen molar-refractivity contribution in [3.05, 3.63) is 66.5 Å². The minimum atomic E-state index is -0.410. The van der Waals surface area contributed by atoms with Crippen LogP contribution in [0.5, 0.6) is 5.75 Å². The lowest BCUT2D eigenvalue weighted by Crippen LogP contribution is -2.27. The number of pyridine rings is 1. The monoisotopic (exact) mass is 421 g/mol. The highest BCUT2D eigenvalue weighted by Crippen LogP contribution is 2.35. The molecule has 2 aromatic heterocycles. The molecule has 1 fully saturated rings. The number of methoxy groups -OCH3 is 1. The second-order valence-electron chi connectivity index (χ2n) is 7.48. The lowest BCUT2D eigenvalue weighted by molar-refractivity contribution is 0.152. The van der Waals surface area contributed by atoms with Crippen molar-refractivity contribution < 1.29 is 13.9 Å². The Morgan fingerprint density at radius 2 is 2.06 bits per heavy atom. The Kier molecular flexibility index (Phi) is 5.30. The molecule has 160 valence electrons. The first-order valence-corrected chi connectivity index (χ1v) is 10.4. The molecular formula is C23H24FN5O2. The van der Waals surface area contributed by atoms with Crippen molar-refractivity contribution in [3.8, 4) is 5.75 Å². The number of rotatable bonds is 4. The number of aliphatic imine (C=N–C) groups is 1. The van der Waals surface area contributed by atoms with Gasteiger partial charge in [0, 0.05) is 43.8 Å². The Morgan fingerprint density at radius 3 is 2.94 bits per heavy atom. The van der Waals surface area contributed by atoms with Crippen molar-refractivity contribution in [2.75, 3.05) is 49.9 Å². The van der Waals surface area contributed by atoms with Crippen molar-refractivity contribution in [3.63, 3.8) is 0 Å². The summed E-state index contributed by atoms with van der Waals surface area (Å²) in [6, 6.07) is 11.7. The zero-order valence-corrected chi connectivity index (χ0v) is 17.4. The molecule has 31 heavy (non-hydrogen) atoms. The zero-order valence-electron chi connectivity index (χ0n) is 17.4. The number of nitrogens with zero attached hydrogens (tertiary/aromatic N) is 5. The van der Waals surface area contributed by atoms with E-state index in [4.69, 9.17) is 9.47 Å². The minimum absolute atomic E-state index is 0.288. The van der Waals surface area contributed by atoms with Crippen LogP contribution in [0, 0.1) is 0 Å². The predicted molar refractivity (Wildman–Crippen MR) is 119 cm³/mol. The van der Waals surface area contributed by atoms with Gasteiger partial charge in [-0.3, -0.25) is 9.39 Å². The fourth-order valence-electron chi connectivity index (χ4n) is 4.02. The molecule has 0 spiro atoms. The average Bonchev–Trinajstić information content (AvgIpc) is 3.04. The summed E-state index contributed by atoms with van der Waals surface area (Å²) in [4.78, 5) is 12.9. The van der Waals surface area contributed by atoms with Gasteiger partial charge < -0.3 is 19.3 Å². The van der Waals surface area contributed by atoms with Gasteiger partial charge in [-0.05, 0) is 30.7 Å². The number of fused-ring (bicyclic) bond motifs is 1. The number of halogens is 1. The van der Waals surface area contributed by atoms with Crippen molar-refractivity contribution >= 4 is 22.7 Å². The molecule has 0 radical (unpaired) electrons. The number of hydrogen-bond donors (Lipinski definition) is 0. The van der Waals surface area contributed by atoms with Crippen LogP contribution in [0.25, 0.3) is 5.65 Å². The van der Waals surface area contributed by atoms with Crippen LogP contribution in [0.4, 0.5) is 15.8 Å². The van der Waals surface area contributed by atoms with Gasteiger partial charge in [0.05, 0.1) is 31.3 Å². The minimum Gasteiger partial charge on any atom is -0.494 e. The Balaban J connectivity index is 1.41. The Labute approximate surface area is 180 Å². The fraction of sp³-hybridized carbons (Fsp3) is 0.304. The maximum Gasteiger partial charge on any atom is 0.166 e. The van der Waals surface area contributed by atoms with Gasteiger partial charge in [-0.2, -0.15) is 0 Å². The van der Waals surface area contributed by atoms with Crippen LogP contribution >= 0.6 is 0 Å². The maximum atomic E-state index is 15.1. The molecule has 0 saturated carbocycles. The topological polar surface area (TPSA) is 54.6 Å². The van der Waals surface area contributed by atoms with Gasteiger partial charge >= 0.3 is 0 Å². The summed E-state index contributed by atoms with van der Waals surface area (Å²) < 4.78 is 28.1. The van der Waals surface area contributed by atoms with E-state index >= 15 is 4.39 Å². The van der Waals surface area contributed by atoms with Crippen LogP contribution in [-0.2, 0) is 4.74 Å². The van der Waals surface area contributed by atoms with E-state index in [-0.39, 0.29) is 6.67 Å². The first kappa shape index (κ1) is 19.6. The number of allylic oxidation sites excluding steroid dienone is 1. The second kappa shape index (κ2) is 8.39. The molecule has 2 aliphatic heterocycles. The van der Waals surface area contributed by atoms with Gasteiger partial charge in [0.25, 0.3) is 0 Å². The van der Waals surface area contributed by atoms with E-state index in [1.54, 1.807) is 18.2 Å². The molecule has 7 nitrogen and oxygen atoms in total. The van der Waals surface area contributed by atoms with E-state index in [0.717, 1.165) is 43.1 Å². The molecule has 0 aliphatic carbocycles. The van der Waals surface area contributed by atoms with Crippen molar-refractivity contribution in [1.29, 1.82) is 0 Å². The quantitative estimate of drug-likeness (QED) is 0.644. The lowest BCUT2D eigenvalue weighted by Gasteiger charge is -2.27. The number of imidazole rings is 1. The fourth-order valence-corrected chi connectivity index (χ4v) is 4.02. The summed E-state index contributed by atoms with van der Waals surface area (Å²) in [5.41, 5.74) is 3.53. The van der Waals surface area contributed by atoms with E-state index in [0.29, 0.717) is 23.8 Å². The van der Waals surface area contributed by atoms with Crippen LogP contribution in [0.3, 0.4) is 0 Å². The molecule has 0 atom stereocenters. The van der Waals surface area contributed by atoms with Gasteiger partial charge in [0.2, 0.25) is 0 Å². The Bertz CT molecular complexity index is 1150. The number of hydrogen-bond acceptors (Lipinski definition) is 6. The number of benzene rings is 1. The third-order valence-corrected chi connectivity index (χ3v) is 5.60. The molecule has 4 heterocycles. The Morgan fingerprint density at radius 1 is 1.13 bits per heavy atom. The van der Waals surface area contributed by atoms with Crippen LogP contribution in [0.1, 0.15) is 12.1 Å². The zero-order chi connectivity index (χ0) is 21.2. The molecule has 8 heteroatoms. The maximum absolute atomic E-state index is 15.1. The molecule has 0 unspecified atom stereocenters. The molecule has 1 aromatic carbocycles. The highest BCUT2D eigenvalue weighted by Gasteiger charge is 2.23. The molecule has 3 aromatic rings. The largest absolute Gasteiger partial charge is 0.494 e. The first-order chi connectivity index (χ1) is 15.2. The SMILES string of the molecule is COc1cc(N2CCCOCC2)ccc1N1C=C(F)C(c2cnc3ccccn23)=NC1. The molecular weight excluding hydrogens is 397 g/mol. The van der Waals surface area contributed by atoms with E-state index in [2.05, 4.69) is 14.9 Å². The molecule has 0 bridgehead atoms. The van der Waals surface area contributed by atoms with Gasteiger partial charge in [0.1, 0.15) is 23.8 Å². The van der Waals surface area contributed by atoms with E-state index in [1.165, 1.54) is 6.20 Å². The number of aromatic nitrogens is 2. The number of anilines is 2. The Hall–Kier alpha value is -3.39. The van der Waals surface area contributed by atoms with Crippen molar-refractivity contribution in [2.24, 2.45) is 4.99 Å². The van der Waals surface area contributed by atoms with Gasteiger partial charge in [0.15, 0.2) is 5.83 Å². The van der Waals surface area contributed by atoms with Crippen LogP contribution in [0.2, 0.25) is 0 Å². The molecule has 5 rings (SSSR count). The van der Waals surface area contributed by atoms with Crippen LogP contribution in [0.15, 0.2) is 65.8 Å². The third-order valence-electron chi connectivity index (χ3n) is 5.60.